The van der Waals surface area contributed by atoms with Crippen LogP contribution < -0.4 is 4.90 Å². The lowest BCUT2D eigenvalue weighted by molar-refractivity contribution is 0.112. The first-order valence-corrected chi connectivity index (χ1v) is 4.26. The quantitative estimate of drug-likeness (QED) is 0.562. The minimum absolute atomic E-state index is 0.106. The first-order chi connectivity index (χ1) is 6.60. The van der Waals surface area contributed by atoms with Crippen molar-refractivity contribution < 1.29 is 9.59 Å². The second-order valence-electron chi connectivity index (χ2n) is 2.91. The summed E-state index contributed by atoms with van der Waals surface area (Å²) in [5.41, 5.74) is 0.570. The van der Waals surface area contributed by atoms with Crippen molar-refractivity contribution >= 4 is 30.0 Å². The van der Waals surface area contributed by atoms with Crippen molar-refractivity contribution in [3.8, 4) is 0 Å². The van der Waals surface area contributed by atoms with Crippen LogP contribution in [0.4, 0.5) is 5.82 Å². The van der Waals surface area contributed by atoms with E-state index in [1.165, 1.54) is 6.07 Å². The zero-order valence-electron chi connectivity index (χ0n) is 7.82. The van der Waals surface area contributed by atoms with Gasteiger partial charge in [-0.25, -0.2) is 4.98 Å². The first kappa shape index (κ1) is 10.7. The molecule has 0 aromatic carbocycles. The maximum absolute atomic E-state index is 10.7. The van der Waals surface area contributed by atoms with E-state index in [1.54, 1.807) is 19.0 Å². The second kappa shape index (κ2) is 4.19. The summed E-state index contributed by atoms with van der Waals surface area (Å²) in [5, 5.41) is 0.106. The fraction of sp³-hybridized carbons (Fsp3) is 0.222. The Morgan fingerprint density at radius 1 is 1.29 bits per heavy atom. The maximum Gasteiger partial charge on any atom is 0.153 e. The van der Waals surface area contributed by atoms with Crippen LogP contribution >= 0.6 is 11.6 Å². The van der Waals surface area contributed by atoms with Gasteiger partial charge in [0, 0.05) is 14.1 Å². The number of aldehydes is 2. The molecule has 0 saturated heterocycles. The van der Waals surface area contributed by atoms with Crippen molar-refractivity contribution in [3.05, 3.63) is 22.3 Å². The number of anilines is 1. The molecule has 0 radical (unpaired) electrons. The second-order valence-corrected chi connectivity index (χ2v) is 3.27. The average molecular weight is 213 g/mol. The number of carbonyl (C=O) groups excluding carboxylic acids is 2. The van der Waals surface area contributed by atoms with Gasteiger partial charge in [-0.2, -0.15) is 0 Å². The zero-order valence-corrected chi connectivity index (χ0v) is 8.58. The molecule has 0 saturated carbocycles. The molecule has 0 atom stereocenters. The van der Waals surface area contributed by atoms with E-state index in [9.17, 15) is 9.59 Å². The van der Waals surface area contributed by atoms with Crippen molar-refractivity contribution in [2.45, 2.75) is 0 Å². The molecular formula is C9H9ClN2O2. The molecule has 0 bridgehead atoms. The third kappa shape index (κ3) is 1.90. The van der Waals surface area contributed by atoms with Gasteiger partial charge in [0.25, 0.3) is 0 Å². The molecule has 0 aliphatic heterocycles. The Balaban J connectivity index is 3.38. The van der Waals surface area contributed by atoms with Gasteiger partial charge in [0.2, 0.25) is 0 Å². The predicted octanol–water partition coefficient (Wildman–Crippen LogP) is 1.43. The van der Waals surface area contributed by atoms with Gasteiger partial charge in [-0.3, -0.25) is 9.59 Å². The molecule has 5 heteroatoms. The van der Waals surface area contributed by atoms with E-state index in [1.807, 2.05) is 0 Å². The molecule has 0 aliphatic rings. The van der Waals surface area contributed by atoms with Gasteiger partial charge < -0.3 is 4.90 Å². The summed E-state index contributed by atoms with van der Waals surface area (Å²) in [6.07, 6.45) is 1.22. The molecule has 0 unspecified atom stereocenters. The highest BCUT2D eigenvalue weighted by Crippen LogP contribution is 2.20. The van der Waals surface area contributed by atoms with Gasteiger partial charge in [0.15, 0.2) is 12.6 Å². The fourth-order valence-electron chi connectivity index (χ4n) is 1.04. The summed E-state index contributed by atoms with van der Waals surface area (Å²) in [5.74, 6) is 0.454. The lowest BCUT2D eigenvalue weighted by Gasteiger charge is -2.14. The fourth-order valence-corrected chi connectivity index (χ4v) is 1.22. The van der Waals surface area contributed by atoms with Crippen LogP contribution in [0.3, 0.4) is 0 Å². The van der Waals surface area contributed by atoms with Gasteiger partial charge in [-0.05, 0) is 6.07 Å². The Morgan fingerprint density at radius 3 is 2.29 bits per heavy atom. The van der Waals surface area contributed by atoms with Crippen LogP contribution in [-0.2, 0) is 0 Å². The van der Waals surface area contributed by atoms with E-state index in [0.717, 1.165) is 0 Å². The van der Waals surface area contributed by atoms with Crippen LogP contribution in [0.5, 0.6) is 0 Å². The van der Waals surface area contributed by atoms with Crippen molar-refractivity contribution in [1.29, 1.82) is 0 Å². The third-order valence-electron chi connectivity index (χ3n) is 1.69. The van der Waals surface area contributed by atoms with Gasteiger partial charge in [0.05, 0.1) is 11.1 Å². The van der Waals surface area contributed by atoms with Crippen LogP contribution in [0.15, 0.2) is 6.07 Å². The molecule has 1 aromatic heterocycles. The zero-order chi connectivity index (χ0) is 10.7. The Morgan fingerprint density at radius 2 is 1.86 bits per heavy atom. The summed E-state index contributed by atoms with van der Waals surface area (Å²) in [4.78, 5) is 26.8. The monoisotopic (exact) mass is 212 g/mol. The summed E-state index contributed by atoms with van der Waals surface area (Å²) in [6, 6.07) is 1.42. The van der Waals surface area contributed by atoms with Gasteiger partial charge >= 0.3 is 0 Å². The molecule has 1 heterocycles. The molecule has 4 nitrogen and oxygen atoms in total. The molecule has 0 aliphatic carbocycles. The van der Waals surface area contributed by atoms with Gasteiger partial charge in [0.1, 0.15) is 11.0 Å². The summed E-state index contributed by atoms with van der Waals surface area (Å²) in [6.45, 7) is 0. The number of rotatable bonds is 3. The maximum atomic E-state index is 10.7. The number of aromatic nitrogens is 1. The molecule has 0 fully saturated rings. The number of nitrogens with zero attached hydrogens (tertiary/aromatic N) is 2. The largest absolute Gasteiger partial charge is 0.362 e. The highest BCUT2D eigenvalue weighted by atomic mass is 35.5. The van der Waals surface area contributed by atoms with Crippen molar-refractivity contribution in [2.75, 3.05) is 19.0 Å². The smallest absolute Gasteiger partial charge is 0.153 e. The number of halogens is 1. The van der Waals surface area contributed by atoms with Crippen LogP contribution in [0, 0.1) is 0 Å². The van der Waals surface area contributed by atoms with E-state index < -0.39 is 0 Å². The number of carbonyl (C=O) groups is 2. The Labute approximate surface area is 86.5 Å². The van der Waals surface area contributed by atoms with E-state index in [2.05, 4.69) is 4.98 Å². The molecule has 0 amide bonds. The van der Waals surface area contributed by atoms with Crippen molar-refractivity contribution in [2.24, 2.45) is 0 Å². The third-order valence-corrected chi connectivity index (χ3v) is 1.99. The Bertz CT molecular complexity index is 377. The predicted molar refractivity (Wildman–Crippen MR) is 54.3 cm³/mol. The van der Waals surface area contributed by atoms with Gasteiger partial charge in [-0.1, -0.05) is 11.6 Å². The summed E-state index contributed by atoms with van der Waals surface area (Å²) < 4.78 is 0. The molecule has 0 N–H and O–H groups in total. The Hall–Kier alpha value is -1.42. The highest BCUT2D eigenvalue weighted by molar-refractivity contribution is 6.32. The summed E-state index contributed by atoms with van der Waals surface area (Å²) >= 11 is 5.72. The minimum Gasteiger partial charge on any atom is -0.362 e. The first-order valence-electron chi connectivity index (χ1n) is 3.88. The van der Waals surface area contributed by atoms with Crippen LogP contribution in [0.25, 0.3) is 0 Å². The van der Waals surface area contributed by atoms with Crippen molar-refractivity contribution in [3.63, 3.8) is 0 Å². The topological polar surface area (TPSA) is 50.3 Å². The normalized spacial score (nSPS) is 9.64. The van der Waals surface area contributed by atoms with Crippen molar-refractivity contribution in [1.82, 2.24) is 4.98 Å². The van der Waals surface area contributed by atoms with E-state index in [0.29, 0.717) is 24.0 Å². The lowest BCUT2D eigenvalue weighted by atomic mass is 10.2. The Kier molecular flexibility index (Phi) is 3.19. The number of hydrogen-bond donors (Lipinski definition) is 0. The SMILES string of the molecule is CN(C)c1nc(Cl)c(C=O)cc1C=O. The molecule has 74 valence electrons. The molecule has 0 spiro atoms. The lowest BCUT2D eigenvalue weighted by Crippen LogP contribution is -2.14. The van der Waals surface area contributed by atoms with Crippen LogP contribution in [0.2, 0.25) is 5.15 Å². The molecule has 1 rings (SSSR count). The van der Waals surface area contributed by atoms with Crippen LogP contribution in [0.1, 0.15) is 20.7 Å². The average Bonchev–Trinajstić information content (AvgIpc) is 2.17. The van der Waals surface area contributed by atoms with E-state index in [-0.39, 0.29) is 10.7 Å². The minimum atomic E-state index is 0.106. The van der Waals surface area contributed by atoms with E-state index in [4.69, 9.17) is 11.6 Å². The standard InChI is InChI=1S/C9H9ClN2O2/c1-12(2)9-7(5-14)3-6(4-13)8(10)11-9/h3-5H,1-2H3. The molecule has 14 heavy (non-hydrogen) atoms. The van der Waals surface area contributed by atoms with Crippen LogP contribution in [-0.4, -0.2) is 31.7 Å². The number of pyridine rings is 1. The number of hydrogen-bond acceptors (Lipinski definition) is 4. The highest BCUT2D eigenvalue weighted by Gasteiger charge is 2.10. The molecular weight excluding hydrogens is 204 g/mol. The molecule has 1 aromatic rings. The summed E-state index contributed by atoms with van der Waals surface area (Å²) in [7, 11) is 3.48. The van der Waals surface area contributed by atoms with E-state index >= 15 is 0 Å². The van der Waals surface area contributed by atoms with Gasteiger partial charge in [-0.15, -0.1) is 0 Å².